The molecule has 2 nitrogen and oxygen atoms in total. The molecule has 0 aliphatic carbocycles. The van der Waals surface area contributed by atoms with Crippen molar-refractivity contribution >= 4 is 38.4 Å². The van der Waals surface area contributed by atoms with Gasteiger partial charge in [-0.15, -0.1) is 0 Å². The number of aryl methyl sites for hydroxylation is 2. The highest BCUT2D eigenvalue weighted by atomic mass is 79.9. The summed E-state index contributed by atoms with van der Waals surface area (Å²) in [5.74, 6) is 0. The van der Waals surface area contributed by atoms with E-state index in [1.807, 2.05) is 6.07 Å². The molecule has 0 saturated carbocycles. The lowest BCUT2D eigenvalue weighted by Gasteiger charge is -2.06. The van der Waals surface area contributed by atoms with Crippen LogP contribution in [-0.4, -0.2) is 11.5 Å². The maximum Gasteiger partial charge on any atom is 0.0506 e. The number of aromatic amines is 1. The molecule has 0 aliphatic rings. The summed E-state index contributed by atoms with van der Waals surface area (Å²) in [7, 11) is 0. The van der Waals surface area contributed by atoms with E-state index in [2.05, 4.69) is 58.2 Å². The Morgan fingerprint density at radius 1 is 1.09 bits per heavy atom. The van der Waals surface area contributed by atoms with Crippen LogP contribution in [0.5, 0.6) is 0 Å². The fourth-order valence-corrected chi connectivity index (χ4v) is 3.56. The van der Waals surface area contributed by atoms with E-state index in [1.165, 1.54) is 22.4 Å². The normalized spacial score (nSPS) is 11.3. The average molecular weight is 392 g/mol. The van der Waals surface area contributed by atoms with Gasteiger partial charge in [-0.05, 0) is 67.6 Å². The Kier molecular flexibility index (Phi) is 5.10. The van der Waals surface area contributed by atoms with Gasteiger partial charge < -0.3 is 10.7 Å². The first kappa shape index (κ1) is 16.6. The first-order valence-electron chi connectivity index (χ1n) is 7.87. The summed E-state index contributed by atoms with van der Waals surface area (Å²) in [4.78, 5) is 3.60. The zero-order valence-electron chi connectivity index (χ0n) is 13.1. The zero-order valence-corrected chi connectivity index (χ0v) is 15.5. The predicted octanol–water partition coefficient (Wildman–Crippen LogP) is 5.84. The van der Waals surface area contributed by atoms with Crippen LogP contribution in [0.25, 0.3) is 22.2 Å². The number of fused-ring (bicyclic) bond motifs is 1. The SMILES string of the molecule is Cc1ccc(Cl)c2c(CCCCN)c(-c3ccc(Br)cc3)[nH]c12. The van der Waals surface area contributed by atoms with Gasteiger partial charge in [-0.25, -0.2) is 0 Å². The van der Waals surface area contributed by atoms with Gasteiger partial charge in [-0.1, -0.05) is 45.7 Å². The standard InChI is InChI=1S/C19H20BrClN2/c1-12-5-10-16(21)17-15(4-2-3-11-22)19(23-18(12)17)13-6-8-14(20)9-7-13/h5-10,23H,2-4,11,22H2,1H3. The minimum Gasteiger partial charge on any atom is -0.354 e. The molecule has 3 rings (SSSR count). The Hall–Kier alpha value is -1.29. The summed E-state index contributed by atoms with van der Waals surface area (Å²) in [6, 6.07) is 12.5. The Balaban J connectivity index is 2.19. The average Bonchev–Trinajstić information content (AvgIpc) is 2.93. The molecule has 120 valence electrons. The highest BCUT2D eigenvalue weighted by Gasteiger charge is 2.16. The van der Waals surface area contributed by atoms with Gasteiger partial charge in [-0.2, -0.15) is 0 Å². The van der Waals surface area contributed by atoms with Crippen molar-refractivity contribution in [1.29, 1.82) is 0 Å². The van der Waals surface area contributed by atoms with E-state index < -0.39 is 0 Å². The first-order chi connectivity index (χ1) is 11.1. The lowest BCUT2D eigenvalue weighted by Crippen LogP contribution is -1.99. The van der Waals surface area contributed by atoms with Gasteiger partial charge in [0.25, 0.3) is 0 Å². The number of unbranched alkanes of at least 4 members (excludes halogenated alkanes) is 1. The fraction of sp³-hybridized carbons (Fsp3) is 0.263. The van der Waals surface area contributed by atoms with Crippen LogP contribution in [0.2, 0.25) is 5.02 Å². The topological polar surface area (TPSA) is 41.8 Å². The Morgan fingerprint density at radius 2 is 1.83 bits per heavy atom. The highest BCUT2D eigenvalue weighted by molar-refractivity contribution is 9.10. The summed E-state index contributed by atoms with van der Waals surface area (Å²) in [6.45, 7) is 2.84. The minimum atomic E-state index is 0.725. The smallest absolute Gasteiger partial charge is 0.0506 e. The Morgan fingerprint density at radius 3 is 2.52 bits per heavy atom. The summed E-state index contributed by atoms with van der Waals surface area (Å²) in [5, 5.41) is 1.97. The van der Waals surface area contributed by atoms with Crippen molar-refractivity contribution in [2.45, 2.75) is 26.2 Å². The van der Waals surface area contributed by atoms with Crippen LogP contribution in [0.3, 0.4) is 0 Å². The second-order valence-electron chi connectivity index (χ2n) is 5.85. The van der Waals surface area contributed by atoms with Crippen LogP contribution in [0.4, 0.5) is 0 Å². The van der Waals surface area contributed by atoms with E-state index in [4.69, 9.17) is 17.3 Å². The van der Waals surface area contributed by atoms with Gasteiger partial charge in [0, 0.05) is 15.6 Å². The summed E-state index contributed by atoms with van der Waals surface area (Å²) < 4.78 is 1.08. The molecule has 0 aliphatic heterocycles. The van der Waals surface area contributed by atoms with E-state index in [1.54, 1.807) is 0 Å². The summed E-state index contributed by atoms with van der Waals surface area (Å²) in [6.07, 6.45) is 3.07. The molecule has 0 radical (unpaired) electrons. The number of hydrogen-bond donors (Lipinski definition) is 2. The monoisotopic (exact) mass is 390 g/mol. The van der Waals surface area contributed by atoms with Gasteiger partial charge in [-0.3, -0.25) is 0 Å². The molecule has 3 N–H and O–H groups in total. The van der Waals surface area contributed by atoms with Gasteiger partial charge >= 0.3 is 0 Å². The molecule has 1 heterocycles. The van der Waals surface area contributed by atoms with E-state index in [0.29, 0.717) is 0 Å². The molecule has 0 saturated heterocycles. The van der Waals surface area contributed by atoms with Crippen LogP contribution in [-0.2, 0) is 6.42 Å². The summed E-state index contributed by atoms with van der Waals surface area (Å²) >= 11 is 10.0. The molecule has 23 heavy (non-hydrogen) atoms. The molecule has 1 aromatic heterocycles. The molecular weight excluding hydrogens is 372 g/mol. The largest absolute Gasteiger partial charge is 0.354 e. The number of nitrogens with one attached hydrogen (secondary N) is 1. The third kappa shape index (κ3) is 3.32. The van der Waals surface area contributed by atoms with Crippen molar-refractivity contribution < 1.29 is 0 Å². The number of benzene rings is 2. The molecule has 0 atom stereocenters. The molecule has 0 amide bonds. The fourth-order valence-electron chi connectivity index (χ4n) is 3.02. The molecular formula is C19H20BrClN2. The van der Waals surface area contributed by atoms with Gasteiger partial charge in [0.15, 0.2) is 0 Å². The van der Waals surface area contributed by atoms with E-state index >= 15 is 0 Å². The van der Waals surface area contributed by atoms with Crippen LogP contribution >= 0.6 is 27.5 Å². The number of aromatic nitrogens is 1. The second-order valence-corrected chi connectivity index (χ2v) is 7.17. The lowest BCUT2D eigenvalue weighted by atomic mass is 9.99. The van der Waals surface area contributed by atoms with Crippen molar-refractivity contribution in [1.82, 2.24) is 4.98 Å². The maximum absolute atomic E-state index is 6.52. The number of nitrogens with two attached hydrogens (primary N) is 1. The highest BCUT2D eigenvalue weighted by Crippen LogP contribution is 2.37. The zero-order chi connectivity index (χ0) is 16.4. The Labute approximate surface area is 150 Å². The molecule has 4 heteroatoms. The van der Waals surface area contributed by atoms with Crippen molar-refractivity contribution in [3.05, 3.63) is 57.0 Å². The molecule has 0 spiro atoms. The van der Waals surface area contributed by atoms with Crippen LogP contribution in [0.1, 0.15) is 24.0 Å². The van der Waals surface area contributed by atoms with Crippen LogP contribution < -0.4 is 5.73 Å². The minimum absolute atomic E-state index is 0.725. The van der Waals surface area contributed by atoms with Crippen molar-refractivity contribution in [3.63, 3.8) is 0 Å². The third-order valence-electron chi connectivity index (χ3n) is 4.23. The molecule has 0 bridgehead atoms. The summed E-state index contributed by atoms with van der Waals surface area (Å²) in [5.41, 5.74) is 11.7. The predicted molar refractivity (Wildman–Crippen MR) is 103 cm³/mol. The molecule has 2 aromatic carbocycles. The van der Waals surface area contributed by atoms with E-state index in [0.717, 1.165) is 46.2 Å². The molecule has 3 aromatic rings. The second kappa shape index (κ2) is 7.08. The first-order valence-corrected chi connectivity index (χ1v) is 9.04. The van der Waals surface area contributed by atoms with Crippen molar-refractivity contribution in [3.8, 4) is 11.3 Å². The van der Waals surface area contributed by atoms with Crippen molar-refractivity contribution in [2.75, 3.05) is 6.54 Å². The lowest BCUT2D eigenvalue weighted by molar-refractivity contribution is 0.748. The van der Waals surface area contributed by atoms with E-state index in [9.17, 15) is 0 Å². The number of halogens is 2. The maximum atomic E-state index is 6.52. The molecule has 0 unspecified atom stereocenters. The van der Waals surface area contributed by atoms with Crippen LogP contribution in [0, 0.1) is 6.92 Å². The van der Waals surface area contributed by atoms with Gasteiger partial charge in [0.2, 0.25) is 0 Å². The quantitative estimate of drug-likeness (QED) is 0.527. The third-order valence-corrected chi connectivity index (χ3v) is 5.07. The number of H-pyrrole nitrogens is 1. The number of hydrogen-bond acceptors (Lipinski definition) is 1. The number of rotatable bonds is 5. The van der Waals surface area contributed by atoms with Crippen LogP contribution in [0.15, 0.2) is 40.9 Å². The van der Waals surface area contributed by atoms with E-state index in [-0.39, 0.29) is 0 Å². The van der Waals surface area contributed by atoms with Gasteiger partial charge in [0.05, 0.1) is 10.5 Å². The van der Waals surface area contributed by atoms with Crippen molar-refractivity contribution in [2.24, 2.45) is 5.73 Å². The molecule has 0 fully saturated rings. The Bertz CT molecular complexity index is 821. The van der Waals surface area contributed by atoms with Gasteiger partial charge in [0.1, 0.15) is 0 Å².